The molecule has 2 aliphatic rings. The smallest absolute Gasteiger partial charge is 0.333 e. The fourth-order valence-corrected chi connectivity index (χ4v) is 6.86. The molecule has 208 valence electrons. The van der Waals surface area contributed by atoms with Crippen molar-refractivity contribution in [3.63, 3.8) is 0 Å². The van der Waals surface area contributed by atoms with Gasteiger partial charge in [0.25, 0.3) is 0 Å². The number of nitrogens with zero attached hydrogens (tertiary/aromatic N) is 2. The number of carbonyl (C=O) groups excluding carboxylic acids is 1. The van der Waals surface area contributed by atoms with Crippen LogP contribution in [-0.2, 0) is 20.9 Å². The van der Waals surface area contributed by atoms with Gasteiger partial charge in [-0.3, -0.25) is 8.98 Å². The lowest BCUT2D eigenvalue weighted by Crippen LogP contribution is -2.36. The number of anilines is 1. The zero-order valence-corrected chi connectivity index (χ0v) is 23.4. The van der Waals surface area contributed by atoms with Crippen LogP contribution < -0.4 is 15.8 Å². The van der Waals surface area contributed by atoms with Crippen molar-refractivity contribution in [1.82, 2.24) is 15.3 Å². The molecule has 11 nitrogen and oxygen atoms in total. The minimum atomic E-state index is -4.21. The molecular weight excluding hydrogens is 589 g/mol. The highest BCUT2D eigenvalue weighted by molar-refractivity contribution is 7.84. The molecule has 15 heteroatoms. The van der Waals surface area contributed by atoms with Gasteiger partial charge in [0.15, 0.2) is 0 Å². The Hall–Kier alpha value is -2.20. The van der Waals surface area contributed by atoms with Crippen LogP contribution in [0.1, 0.15) is 44.4 Å². The average Bonchev–Trinajstić information content (AvgIpc) is 3.41. The van der Waals surface area contributed by atoms with Crippen molar-refractivity contribution in [3.8, 4) is 0 Å². The lowest BCUT2D eigenvalue weighted by atomic mass is 9.91. The van der Waals surface area contributed by atoms with E-state index >= 15 is 0 Å². The Morgan fingerprint density at radius 3 is 2.79 bits per heavy atom. The number of benzene rings is 1. The number of aliphatic hydroxyl groups is 2. The first kappa shape index (κ1) is 28.3. The van der Waals surface area contributed by atoms with Crippen LogP contribution in [0.2, 0.25) is 9.36 Å². The number of carbonyl (C=O) groups is 1. The molecule has 0 radical (unpaired) electrons. The van der Waals surface area contributed by atoms with Crippen molar-refractivity contribution in [2.75, 3.05) is 18.5 Å². The van der Waals surface area contributed by atoms with Crippen molar-refractivity contribution in [1.29, 1.82) is 0 Å². The predicted octanol–water partition coefficient (Wildman–Crippen LogP) is 2.05. The van der Waals surface area contributed by atoms with Crippen molar-refractivity contribution in [2.45, 2.75) is 37.1 Å². The summed E-state index contributed by atoms with van der Waals surface area (Å²) in [6.07, 6.45) is 1.05. The molecule has 6 N–H and O–H groups in total. The van der Waals surface area contributed by atoms with E-state index in [0.29, 0.717) is 14.2 Å². The summed E-state index contributed by atoms with van der Waals surface area (Å²) in [5, 5.41) is 32.8. The third-order valence-electron chi connectivity index (χ3n) is 6.94. The van der Waals surface area contributed by atoms with Crippen molar-refractivity contribution >= 4 is 56.4 Å². The monoisotopic (exact) mass is 613 g/mol. The maximum Gasteiger partial charge on any atom is 0.333 e. The van der Waals surface area contributed by atoms with Crippen LogP contribution in [0.3, 0.4) is 0 Å². The Balaban J connectivity index is 1.37. The number of aliphatic hydroxyl groups excluding tert-OH is 2. The molecule has 3 heterocycles. The third-order valence-corrected chi connectivity index (χ3v) is 9.02. The third kappa shape index (κ3) is 6.11. The Labute approximate surface area is 238 Å². The van der Waals surface area contributed by atoms with Crippen LogP contribution in [0.15, 0.2) is 36.8 Å². The van der Waals surface area contributed by atoms with Crippen LogP contribution >= 0.6 is 34.5 Å². The van der Waals surface area contributed by atoms with Gasteiger partial charge in [-0.25, -0.2) is 15.1 Å². The van der Waals surface area contributed by atoms with E-state index in [2.05, 4.69) is 24.8 Å². The molecular formula is C24H25Cl2N5O6S2. The molecule has 0 unspecified atom stereocenters. The number of aromatic nitrogens is 2. The first-order valence-electron chi connectivity index (χ1n) is 12.0. The van der Waals surface area contributed by atoms with Crippen LogP contribution in [0, 0.1) is 5.92 Å². The predicted molar refractivity (Wildman–Crippen MR) is 146 cm³/mol. The van der Waals surface area contributed by atoms with Crippen molar-refractivity contribution in [3.05, 3.63) is 73.3 Å². The first-order valence-corrected chi connectivity index (χ1v) is 15.0. The van der Waals surface area contributed by atoms with Gasteiger partial charge in [0.05, 0.1) is 39.6 Å². The van der Waals surface area contributed by atoms with Gasteiger partial charge in [-0.15, -0.1) is 11.3 Å². The minimum absolute atomic E-state index is 0.139. The topological polar surface area (TPSA) is 177 Å². The lowest BCUT2D eigenvalue weighted by molar-refractivity contribution is 0.00778. The molecule has 0 amide bonds. The van der Waals surface area contributed by atoms with E-state index in [4.69, 9.17) is 28.3 Å². The van der Waals surface area contributed by atoms with Crippen molar-refractivity contribution in [2.24, 2.45) is 11.1 Å². The summed E-state index contributed by atoms with van der Waals surface area (Å²) in [7, 11) is -4.21. The molecule has 5 rings (SSSR count). The molecule has 0 bridgehead atoms. The van der Waals surface area contributed by atoms with Gasteiger partial charge in [-0.05, 0) is 42.2 Å². The summed E-state index contributed by atoms with van der Waals surface area (Å²) in [6, 6.07) is 6.52. The Morgan fingerprint density at radius 1 is 1.23 bits per heavy atom. The second-order valence-corrected chi connectivity index (χ2v) is 12.8. The number of rotatable bonds is 8. The van der Waals surface area contributed by atoms with Gasteiger partial charge in [-0.1, -0.05) is 29.3 Å². The van der Waals surface area contributed by atoms with E-state index in [1.54, 1.807) is 6.07 Å². The summed E-state index contributed by atoms with van der Waals surface area (Å²) in [4.78, 5) is 22.1. The second kappa shape index (κ2) is 11.4. The molecule has 1 saturated carbocycles. The Bertz CT molecular complexity index is 1500. The normalized spacial score (nSPS) is 24.9. The van der Waals surface area contributed by atoms with Gasteiger partial charge in [0.1, 0.15) is 18.2 Å². The molecule has 1 aliphatic carbocycles. The Kier molecular flexibility index (Phi) is 8.25. The molecule has 3 aromatic rings. The summed E-state index contributed by atoms with van der Waals surface area (Å²) in [6.45, 7) is 0.346. The summed E-state index contributed by atoms with van der Waals surface area (Å²) in [5.74, 6) is -0.936. The molecule has 0 saturated heterocycles. The van der Waals surface area contributed by atoms with Gasteiger partial charge >= 0.3 is 10.3 Å². The minimum Gasteiger partial charge on any atom is -0.390 e. The second-order valence-electron chi connectivity index (χ2n) is 9.44. The van der Waals surface area contributed by atoms with Gasteiger partial charge in [0.2, 0.25) is 5.78 Å². The number of fused-ring (bicyclic) bond motifs is 1. The fourth-order valence-electron chi connectivity index (χ4n) is 5.03. The van der Waals surface area contributed by atoms with Gasteiger partial charge in [0, 0.05) is 29.2 Å². The highest BCUT2D eigenvalue weighted by Crippen LogP contribution is 2.39. The summed E-state index contributed by atoms with van der Waals surface area (Å²) >= 11 is 14.0. The standard InChI is InChI=1S/C24H25Cl2N5O6S2/c25-13-2-1-11-3-4-29-19(14(11)6-13)15-7-18(38-23(15)26)21(33)16-8-28-10-30-24(16)31-17-5-12(20(32)22(17)34)9-37-39(27,35)36/h1-2,6-8,10,12,17,19-20,22,29,32,34H,3-5,9H2,(H2,27,35,36)(H,28,30,31)/t12-,17-,19+,20-,22+/m1/s1. The number of hydrogen-bond acceptors (Lipinski definition) is 11. The Morgan fingerprint density at radius 2 is 2.03 bits per heavy atom. The fraction of sp³-hybridized carbons (Fsp3) is 0.375. The molecule has 1 fully saturated rings. The molecule has 0 spiro atoms. The number of hydrogen-bond donors (Lipinski definition) is 5. The van der Waals surface area contributed by atoms with Gasteiger partial charge in [-0.2, -0.15) is 8.42 Å². The SMILES string of the molecule is NS(=O)(=O)OC[C@H]1C[C@@H](Nc2ncncc2C(=O)c2cc([C@H]3NCCc4ccc(Cl)cc43)c(Cl)s2)[C@H](O)[C@@H]1O. The highest BCUT2D eigenvalue weighted by Gasteiger charge is 2.42. The number of halogens is 2. The van der Waals surface area contributed by atoms with Crippen LogP contribution in [0.5, 0.6) is 0 Å². The van der Waals surface area contributed by atoms with Crippen LogP contribution in [0.4, 0.5) is 5.82 Å². The van der Waals surface area contributed by atoms with E-state index in [9.17, 15) is 23.4 Å². The zero-order chi connectivity index (χ0) is 27.9. The molecule has 5 atom stereocenters. The molecule has 39 heavy (non-hydrogen) atoms. The molecule has 1 aromatic carbocycles. The van der Waals surface area contributed by atoms with E-state index < -0.39 is 41.1 Å². The first-order chi connectivity index (χ1) is 18.5. The number of thiophene rings is 1. The van der Waals surface area contributed by atoms with E-state index in [-0.39, 0.29) is 29.6 Å². The van der Waals surface area contributed by atoms with Crippen molar-refractivity contribution < 1.29 is 27.6 Å². The van der Waals surface area contributed by atoms with E-state index in [1.807, 2.05) is 18.2 Å². The largest absolute Gasteiger partial charge is 0.390 e. The van der Waals surface area contributed by atoms with E-state index in [0.717, 1.165) is 41.0 Å². The highest BCUT2D eigenvalue weighted by atomic mass is 35.5. The molecule has 1 aliphatic heterocycles. The average molecular weight is 615 g/mol. The number of nitrogens with two attached hydrogens (primary N) is 1. The molecule has 2 aromatic heterocycles. The summed E-state index contributed by atoms with van der Waals surface area (Å²) < 4.78 is 27.3. The maximum atomic E-state index is 13.6. The van der Waals surface area contributed by atoms with E-state index in [1.165, 1.54) is 12.5 Å². The van der Waals surface area contributed by atoms with Crippen LogP contribution in [0.25, 0.3) is 0 Å². The lowest BCUT2D eigenvalue weighted by Gasteiger charge is -2.27. The number of nitrogens with one attached hydrogen (secondary N) is 2. The number of ketones is 1. The zero-order valence-electron chi connectivity index (χ0n) is 20.3. The maximum absolute atomic E-state index is 13.6. The quantitative estimate of drug-likeness (QED) is 0.236. The summed E-state index contributed by atoms with van der Waals surface area (Å²) in [5.41, 5.74) is 3.07. The van der Waals surface area contributed by atoms with Gasteiger partial charge < -0.3 is 20.8 Å². The van der Waals surface area contributed by atoms with Crippen LogP contribution in [-0.4, -0.2) is 65.8 Å².